The molecule has 0 radical (unpaired) electrons. The van der Waals surface area contributed by atoms with Gasteiger partial charge in [-0.05, 0) is 65.0 Å². The van der Waals surface area contributed by atoms with E-state index in [1.54, 1.807) is 16.7 Å². The number of benzene rings is 2. The van der Waals surface area contributed by atoms with Gasteiger partial charge < -0.3 is 0 Å². The van der Waals surface area contributed by atoms with Gasteiger partial charge in [0.25, 0.3) is 0 Å². The van der Waals surface area contributed by atoms with Crippen LogP contribution in [0.25, 0.3) is 11.1 Å². The Hall–Kier alpha value is -1.56. The van der Waals surface area contributed by atoms with Gasteiger partial charge in [0, 0.05) is 0 Å². The Balaban J connectivity index is 2.03. The Morgan fingerprint density at radius 1 is 0.889 bits per heavy atom. The molecule has 0 fully saturated rings. The van der Waals surface area contributed by atoms with Crippen LogP contribution in [-0.4, -0.2) is 0 Å². The van der Waals surface area contributed by atoms with Crippen molar-refractivity contribution in [2.45, 2.75) is 38.5 Å². The highest BCUT2D eigenvalue weighted by Crippen LogP contribution is 2.43. The van der Waals surface area contributed by atoms with Gasteiger partial charge in [-0.1, -0.05) is 43.3 Å². The monoisotopic (exact) mass is 234 g/mol. The van der Waals surface area contributed by atoms with E-state index in [1.165, 1.54) is 42.4 Å². The maximum Gasteiger partial charge on any atom is -0.0141 e. The quantitative estimate of drug-likeness (QED) is 0.629. The minimum atomic E-state index is 0.683. The fourth-order valence-corrected chi connectivity index (χ4v) is 3.89. The van der Waals surface area contributed by atoms with Crippen molar-refractivity contribution in [3.8, 4) is 11.1 Å². The zero-order valence-corrected chi connectivity index (χ0v) is 10.9. The van der Waals surface area contributed by atoms with Crippen LogP contribution >= 0.6 is 0 Å². The molecular formula is C18H18. The number of rotatable bonds is 0. The topological polar surface area (TPSA) is 0 Å². The van der Waals surface area contributed by atoms with E-state index in [1.807, 2.05) is 0 Å². The fraction of sp³-hybridized carbons (Fsp3) is 0.333. The van der Waals surface area contributed by atoms with E-state index in [-0.39, 0.29) is 0 Å². The maximum atomic E-state index is 2.40. The van der Waals surface area contributed by atoms with Gasteiger partial charge in [-0.3, -0.25) is 0 Å². The normalized spacial score (nSPS) is 20.2. The van der Waals surface area contributed by atoms with Crippen LogP contribution in [0.2, 0.25) is 0 Å². The predicted octanol–water partition coefficient (Wildman–Crippen LogP) is 4.50. The SMILES string of the molecule is CC1Cc2ccccc2-c2ccc3c(c21)CCC3. The number of hydrogen-bond acceptors (Lipinski definition) is 0. The molecule has 0 amide bonds. The summed E-state index contributed by atoms with van der Waals surface area (Å²) in [6.45, 7) is 2.40. The van der Waals surface area contributed by atoms with Crippen molar-refractivity contribution in [3.63, 3.8) is 0 Å². The zero-order chi connectivity index (χ0) is 12.1. The van der Waals surface area contributed by atoms with Crippen molar-refractivity contribution < 1.29 is 0 Å². The van der Waals surface area contributed by atoms with Gasteiger partial charge in [0.15, 0.2) is 0 Å². The Kier molecular flexibility index (Phi) is 2.14. The molecule has 0 N–H and O–H groups in total. The maximum absolute atomic E-state index is 2.40. The Morgan fingerprint density at radius 3 is 2.72 bits per heavy atom. The molecule has 18 heavy (non-hydrogen) atoms. The van der Waals surface area contributed by atoms with Crippen molar-refractivity contribution in [2.75, 3.05) is 0 Å². The van der Waals surface area contributed by atoms with Gasteiger partial charge in [-0.25, -0.2) is 0 Å². The lowest BCUT2D eigenvalue weighted by molar-refractivity contribution is 0.737. The summed E-state index contributed by atoms with van der Waals surface area (Å²) in [5, 5.41) is 0. The number of fused-ring (bicyclic) bond motifs is 5. The van der Waals surface area contributed by atoms with Gasteiger partial charge in [0.1, 0.15) is 0 Å². The van der Waals surface area contributed by atoms with Crippen LogP contribution in [0.1, 0.15) is 41.5 Å². The lowest BCUT2D eigenvalue weighted by Gasteiger charge is -2.27. The summed E-state index contributed by atoms with van der Waals surface area (Å²) >= 11 is 0. The van der Waals surface area contributed by atoms with E-state index in [0.717, 1.165) is 0 Å². The first-order chi connectivity index (χ1) is 8.84. The fourth-order valence-electron chi connectivity index (χ4n) is 3.89. The summed E-state index contributed by atoms with van der Waals surface area (Å²) in [6, 6.07) is 13.7. The van der Waals surface area contributed by atoms with Crippen LogP contribution < -0.4 is 0 Å². The first-order valence-electron chi connectivity index (χ1n) is 7.07. The first kappa shape index (κ1) is 10.4. The molecule has 1 atom stereocenters. The number of hydrogen-bond donors (Lipinski definition) is 0. The molecule has 0 saturated heterocycles. The Labute approximate surface area is 109 Å². The smallest absolute Gasteiger partial charge is 0.0141 e. The minimum absolute atomic E-state index is 0.683. The third kappa shape index (κ3) is 1.32. The van der Waals surface area contributed by atoms with Crippen molar-refractivity contribution in [1.29, 1.82) is 0 Å². The summed E-state index contributed by atoms with van der Waals surface area (Å²) in [4.78, 5) is 0. The van der Waals surface area contributed by atoms with E-state index >= 15 is 0 Å². The van der Waals surface area contributed by atoms with Gasteiger partial charge in [0.2, 0.25) is 0 Å². The largest absolute Gasteiger partial charge is 0.0620 e. The molecule has 2 aliphatic rings. The minimum Gasteiger partial charge on any atom is -0.0620 e. The summed E-state index contributed by atoms with van der Waals surface area (Å²) < 4.78 is 0. The van der Waals surface area contributed by atoms with Crippen molar-refractivity contribution in [1.82, 2.24) is 0 Å². The van der Waals surface area contributed by atoms with Crippen molar-refractivity contribution in [3.05, 3.63) is 58.7 Å². The highest BCUT2D eigenvalue weighted by atomic mass is 14.3. The molecule has 2 aromatic rings. The molecule has 0 aromatic heterocycles. The Morgan fingerprint density at radius 2 is 1.78 bits per heavy atom. The molecule has 90 valence electrons. The van der Waals surface area contributed by atoms with Crippen LogP contribution in [0.15, 0.2) is 36.4 Å². The third-order valence-electron chi connectivity index (χ3n) is 4.65. The molecule has 2 aliphatic carbocycles. The lowest BCUT2D eigenvalue weighted by Crippen LogP contribution is -2.11. The summed E-state index contributed by atoms with van der Waals surface area (Å²) in [6.07, 6.45) is 5.14. The van der Waals surface area contributed by atoms with Crippen LogP contribution in [0.5, 0.6) is 0 Å². The van der Waals surface area contributed by atoms with Gasteiger partial charge in [0.05, 0.1) is 0 Å². The highest BCUT2D eigenvalue weighted by Gasteiger charge is 2.26. The second-order valence-electron chi connectivity index (χ2n) is 5.78. The molecule has 0 heterocycles. The van der Waals surface area contributed by atoms with Crippen LogP contribution in [0, 0.1) is 0 Å². The summed E-state index contributed by atoms with van der Waals surface area (Å²) in [7, 11) is 0. The van der Waals surface area contributed by atoms with Crippen molar-refractivity contribution >= 4 is 0 Å². The summed E-state index contributed by atoms with van der Waals surface area (Å²) in [5.41, 5.74) is 9.44. The van der Waals surface area contributed by atoms with E-state index in [4.69, 9.17) is 0 Å². The third-order valence-corrected chi connectivity index (χ3v) is 4.65. The predicted molar refractivity (Wildman–Crippen MR) is 76.0 cm³/mol. The average molecular weight is 234 g/mol. The Bertz CT molecular complexity index is 622. The average Bonchev–Trinajstić information content (AvgIpc) is 2.86. The van der Waals surface area contributed by atoms with Gasteiger partial charge in [-0.2, -0.15) is 0 Å². The molecule has 0 saturated carbocycles. The standard InChI is InChI=1S/C18H18/c1-12-11-14-5-2-3-7-15(14)17-10-9-13-6-4-8-16(13)18(12)17/h2-3,5,7,9-10,12H,4,6,8,11H2,1H3. The lowest BCUT2D eigenvalue weighted by atomic mass is 9.77. The molecule has 0 nitrogen and oxygen atoms in total. The zero-order valence-electron chi connectivity index (χ0n) is 10.9. The van der Waals surface area contributed by atoms with Crippen LogP contribution in [0.4, 0.5) is 0 Å². The van der Waals surface area contributed by atoms with E-state index in [2.05, 4.69) is 43.3 Å². The molecule has 1 unspecified atom stereocenters. The molecule has 2 aromatic carbocycles. The molecule has 0 aliphatic heterocycles. The van der Waals surface area contributed by atoms with Gasteiger partial charge >= 0.3 is 0 Å². The van der Waals surface area contributed by atoms with E-state index < -0.39 is 0 Å². The molecule has 0 heteroatoms. The highest BCUT2D eigenvalue weighted by molar-refractivity contribution is 5.76. The van der Waals surface area contributed by atoms with Crippen molar-refractivity contribution in [2.24, 2.45) is 0 Å². The molecule has 0 spiro atoms. The first-order valence-corrected chi connectivity index (χ1v) is 7.07. The molecular weight excluding hydrogens is 216 g/mol. The molecule has 0 bridgehead atoms. The summed E-state index contributed by atoms with van der Waals surface area (Å²) in [5.74, 6) is 0.683. The number of aryl methyl sites for hydroxylation is 1. The van der Waals surface area contributed by atoms with E-state index in [0.29, 0.717) is 5.92 Å². The molecule has 4 rings (SSSR count). The van der Waals surface area contributed by atoms with Crippen LogP contribution in [-0.2, 0) is 19.3 Å². The van der Waals surface area contributed by atoms with E-state index in [9.17, 15) is 0 Å². The second kappa shape index (κ2) is 3.71. The van der Waals surface area contributed by atoms with Crippen LogP contribution in [0.3, 0.4) is 0 Å². The van der Waals surface area contributed by atoms with Gasteiger partial charge in [-0.15, -0.1) is 0 Å². The second-order valence-corrected chi connectivity index (χ2v) is 5.78.